The maximum Gasteiger partial charge on any atom is 0.337 e. The third kappa shape index (κ3) is 3.07. The highest BCUT2D eigenvalue weighted by Gasteiger charge is 2.11. The van der Waals surface area contributed by atoms with E-state index >= 15 is 0 Å². The Morgan fingerprint density at radius 1 is 1.00 bits per heavy atom. The van der Waals surface area contributed by atoms with Crippen LogP contribution >= 0.6 is 35.0 Å². The van der Waals surface area contributed by atoms with Crippen molar-refractivity contribution in [2.45, 2.75) is 9.79 Å². The molecular weight excluding hydrogens is 334 g/mol. The monoisotopic (exact) mass is 340 g/mol. The molecule has 0 aliphatic carbocycles. The van der Waals surface area contributed by atoms with E-state index in [2.05, 4.69) is 0 Å². The maximum atomic E-state index is 13.4. The first kappa shape index (κ1) is 14.4. The fourth-order valence-corrected chi connectivity index (χ4v) is 3.35. The van der Waals surface area contributed by atoms with E-state index in [9.17, 15) is 9.18 Å². The zero-order valence-electron chi connectivity index (χ0n) is 10.4. The second kappa shape index (κ2) is 5.72. The first-order valence-corrected chi connectivity index (χ1v) is 7.46. The molecule has 3 rings (SSSR count). The van der Waals surface area contributed by atoms with Crippen molar-refractivity contribution in [3.8, 4) is 0 Å². The Hall–Kier alpha value is -1.49. The topological polar surface area (TPSA) is 30.2 Å². The number of hydrogen-bond donors (Lipinski definition) is 0. The van der Waals surface area contributed by atoms with Gasteiger partial charge in [-0.1, -0.05) is 35.0 Å². The van der Waals surface area contributed by atoms with E-state index in [-0.39, 0.29) is 0 Å². The largest absolute Gasteiger partial charge is 0.423 e. The normalized spacial score (nSPS) is 11.0. The van der Waals surface area contributed by atoms with Crippen molar-refractivity contribution in [1.29, 1.82) is 0 Å². The lowest BCUT2D eigenvalue weighted by molar-refractivity contribution is 0.555. The lowest BCUT2D eigenvalue weighted by Crippen LogP contribution is -1.97. The van der Waals surface area contributed by atoms with Gasteiger partial charge in [-0.25, -0.2) is 9.18 Å². The predicted molar refractivity (Wildman–Crippen MR) is 83.0 cm³/mol. The SMILES string of the molecule is O=c1cc(Sc2cc(Cl)ccc2Cl)c2cc(F)ccc2o1. The minimum atomic E-state index is -0.505. The summed E-state index contributed by atoms with van der Waals surface area (Å²) in [5, 5.41) is 1.54. The van der Waals surface area contributed by atoms with Gasteiger partial charge in [0.2, 0.25) is 0 Å². The van der Waals surface area contributed by atoms with Gasteiger partial charge in [-0.15, -0.1) is 0 Å². The second-order valence-corrected chi connectivity index (χ2v) is 6.17. The molecule has 21 heavy (non-hydrogen) atoms. The Bertz CT molecular complexity index is 892. The molecule has 3 aromatic rings. The average molecular weight is 341 g/mol. The summed E-state index contributed by atoms with van der Waals surface area (Å²) in [4.78, 5) is 12.8. The van der Waals surface area contributed by atoms with E-state index in [0.717, 1.165) is 0 Å². The van der Waals surface area contributed by atoms with Gasteiger partial charge < -0.3 is 4.42 Å². The fraction of sp³-hybridized carbons (Fsp3) is 0. The maximum absolute atomic E-state index is 13.4. The third-order valence-corrected chi connectivity index (χ3v) is 4.57. The molecule has 0 aliphatic rings. The van der Waals surface area contributed by atoms with Crippen LogP contribution in [0.3, 0.4) is 0 Å². The molecular formula is C15H7Cl2FO2S. The molecule has 0 spiro atoms. The Kier molecular flexibility index (Phi) is 3.93. The summed E-state index contributed by atoms with van der Waals surface area (Å²) in [5.41, 5.74) is -0.181. The van der Waals surface area contributed by atoms with Crippen molar-refractivity contribution >= 4 is 45.9 Å². The molecule has 0 bridgehead atoms. The molecule has 0 fully saturated rings. The van der Waals surface area contributed by atoms with Crippen LogP contribution < -0.4 is 5.63 Å². The predicted octanol–water partition coefficient (Wildman–Crippen LogP) is 5.39. The summed E-state index contributed by atoms with van der Waals surface area (Å²) in [6, 6.07) is 10.3. The second-order valence-electron chi connectivity index (χ2n) is 4.25. The number of rotatable bonds is 2. The Morgan fingerprint density at radius 3 is 2.62 bits per heavy atom. The lowest BCUT2D eigenvalue weighted by Gasteiger charge is -2.07. The number of halogens is 3. The average Bonchev–Trinajstić information content (AvgIpc) is 2.43. The molecule has 0 saturated heterocycles. The molecule has 106 valence electrons. The zero-order chi connectivity index (χ0) is 15.0. The van der Waals surface area contributed by atoms with Crippen LogP contribution in [-0.2, 0) is 0 Å². The van der Waals surface area contributed by atoms with Crippen LogP contribution in [0, 0.1) is 5.82 Å². The van der Waals surface area contributed by atoms with Gasteiger partial charge in [-0.3, -0.25) is 0 Å². The Balaban J connectivity index is 2.17. The number of hydrogen-bond acceptors (Lipinski definition) is 3. The first-order chi connectivity index (χ1) is 10.0. The highest BCUT2D eigenvalue weighted by molar-refractivity contribution is 7.99. The molecule has 0 aliphatic heterocycles. The van der Waals surface area contributed by atoms with Crippen molar-refractivity contribution in [2.24, 2.45) is 0 Å². The van der Waals surface area contributed by atoms with Gasteiger partial charge in [0, 0.05) is 26.3 Å². The van der Waals surface area contributed by atoms with Crippen molar-refractivity contribution in [3.63, 3.8) is 0 Å². The molecule has 0 amide bonds. The van der Waals surface area contributed by atoms with Crippen LogP contribution in [0.5, 0.6) is 0 Å². The van der Waals surface area contributed by atoms with E-state index in [0.29, 0.717) is 30.8 Å². The van der Waals surface area contributed by atoms with E-state index in [1.165, 1.54) is 36.0 Å². The van der Waals surface area contributed by atoms with Crippen molar-refractivity contribution < 1.29 is 8.81 Å². The van der Waals surface area contributed by atoms with Gasteiger partial charge in [-0.2, -0.15) is 0 Å². The van der Waals surface area contributed by atoms with Crippen LogP contribution in [0.15, 0.2) is 61.5 Å². The fourth-order valence-electron chi connectivity index (χ4n) is 1.86. The van der Waals surface area contributed by atoms with Gasteiger partial charge in [0.05, 0.1) is 5.02 Å². The minimum absolute atomic E-state index is 0.324. The highest BCUT2D eigenvalue weighted by atomic mass is 35.5. The van der Waals surface area contributed by atoms with Crippen LogP contribution in [0.2, 0.25) is 10.0 Å². The van der Waals surface area contributed by atoms with Crippen molar-refractivity contribution in [2.75, 3.05) is 0 Å². The molecule has 2 aromatic carbocycles. The Labute approximate surface area is 133 Å². The van der Waals surface area contributed by atoms with Crippen LogP contribution in [0.1, 0.15) is 0 Å². The Morgan fingerprint density at radius 2 is 1.81 bits per heavy atom. The van der Waals surface area contributed by atoms with Gasteiger partial charge in [0.15, 0.2) is 0 Å². The van der Waals surface area contributed by atoms with Gasteiger partial charge >= 0.3 is 5.63 Å². The summed E-state index contributed by atoms with van der Waals surface area (Å²) in [6.07, 6.45) is 0. The van der Waals surface area contributed by atoms with Crippen LogP contribution in [0.25, 0.3) is 11.0 Å². The number of benzene rings is 2. The van der Waals surface area contributed by atoms with Gasteiger partial charge in [0.25, 0.3) is 0 Å². The van der Waals surface area contributed by atoms with E-state index < -0.39 is 11.4 Å². The molecule has 1 heterocycles. The van der Waals surface area contributed by atoms with E-state index in [1.54, 1.807) is 18.2 Å². The lowest BCUT2D eigenvalue weighted by atomic mass is 10.2. The van der Waals surface area contributed by atoms with Gasteiger partial charge in [0.1, 0.15) is 11.4 Å². The smallest absolute Gasteiger partial charge is 0.337 e. The standard InChI is InChI=1S/C15H7Cl2FO2S/c16-8-1-3-11(17)14(5-8)21-13-7-15(19)20-12-4-2-9(18)6-10(12)13/h1-7H. The molecule has 0 N–H and O–H groups in total. The first-order valence-electron chi connectivity index (χ1n) is 5.89. The minimum Gasteiger partial charge on any atom is -0.423 e. The zero-order valence-corrected chi connectivity index (χ0v) is 12.7. The summed E-state index contributed by atoms with van der Waals surface area (Å²) in [5.74, 6) is -0.407. The van der Waals surface area contributed by atoms with Crippen molar-refractivity contribution in [3.05, 3.63) is 68.7 Å². The molecule has 0 atom stereocenters. The summed E-state index contributed by atoms with van der Waals surface area (Å²) < 4.78 is 18.5. The summed E-state index contributed by atoms with van der Waals surface area (Å²) in [6.45, 7) is 0. The van der Waals surface area contributed by atoms with Crippen LogP contribution in [-0.4, -0.2) is 0 Å². The third-order valence-electron chi connectivity index (χ3n) is 2.78. The van der Waals surface area contributed by atoms with E-state index in [1.807, 2.05) is 0 Å². The van der Waals surface area contributed by atoms with Gasteiger partial charge in [-0.05, 0) is 36.4 Å². The van der Waals surface area contributed by atoms with E-state index in [4.69, 9.17) is 27.6 Å². The summed E-state index contributed by atoms with van der Waals surface area (Å²) in [7, 11) is 0. The van der Waals surface area contributed by atoms with Crippen LogP contribution in [0.4, 0.5) is 4.39 Å². The molecule has 1 aromatic heterocycles. The number of fused-ring (bicyclic) bond motifs is 1. The molecule has 0 saturated carbocycles. The molecule has 6 heteroatoms. The van der Waals surface area contributed by atoms with Crippen molar-refractivity contribution in [1.82, 2.24) is 0 Å². The molecule has 2 nitrogen and oxygen atoms in total. The summed E-state index contributed by atoms with van der Waals surface area (Å²) >= 11 is 13.3. The molecule has 0 radical (unpaired) electrons. The molecule has 0 unspecified atom stereocenters. The quantitative estimate of drug-likeness (QED) is 0.586. The highest BCUT2D eigenvalue weighted by Crippen LogP contribution is 2.37.